The Hall–Kier alpha value is -6.85. The fourth-order valence-corrected chi connectivity index (χ4v) is 9.17. The van der Waals surface area contributed by atoms with E-state index >= 15 is 0 Å². The second-order valence-electron chi connectivity index (χ2n) is 22.2. The Morgan fingerprint density at radius 3 is 0.955 bits per heavy atom. The third-order valence-corrected chi connectivity index (χ3v) is 13.2. The molecular formula is C61H62N4O. The Balaban J connectivity index is 1.45. The van der Waals surface area contributed by atoms with Crippen molar-refractivity contribution in [1.82, 2.24) is 19.9 Å². The van der Waals surface area contributed by atoms with Gasteiger partial charge in [-0.25, -0.2) is 9.97 Å². The molecule has 0 aliphatic carbocycles. The fourth-order valence-electron chi connectivity index (χ4n) is 9.17. The van der Waals surface area contributed by atoms with Crippen LogP contribution in [-0.2, 0) is 21.7 Å². The third-order valence-electron chi connectivity index (χ3n) is 13.2. The molecule has 0 spiro atoms. The number of carbonyl (C=O) groups is 1. The van der Waals surface area contributed by atoms with Gasteiger partial charge >= 0.3 is 0 Å². The summed E-state index contributed by atoms with van der Waals surface area (Å²) in [5.41, 5.74) is 19.9. The molecule has 5 heteroatoms. The van der Waals surface area contributed by atoms with Gasteiger partial charge in [0, 0.05) is 44.4 Å². The molecule has 0 fully saturated rings. The van der Waals surface area contributed by atoms with Crippen molar-refractivity contribution >= 4 is 52.7 Å². The summed E-state index contributed by atoms with van der Waals surface area (Å²) in [5.74, 6) is 0. The van der Waals surface area contributed by atoms with Crippen molar-refractivity contribution in [2.24, 2.45) is 0 Å². The maximum atomic E-state index is 13.4. The number of fused-ring (bicyclic) bond motifs is 8. The van der Waals surface area contributed by atoms with Gasteiger partial charge in [0.15, 0.2) is 6.29 Å². The first-order valence-corrected chi connectivity index (χ1v) is 23.3. The van der Waals surface area contributed by atoms with Gasteiger partial charge in [0.2, 0.25) is 0 Å². The molecule has 2 aliphatic rings. The van der Waals surface area contributed by atoms with Gasteiger partial charge in [-0.15, -0.1) is 0 Å². The Labute approximate surface area is 390 Å². The summed E-state index contributed by atoms with van der Waals surface area (Å²) >= 11 is 0. The molecule has 5 heterocycles. The van der Waals surface area contributed by atoms with Gasteiger partial charge in [-0.2, -0.15) is 0 Å². The van der Waals surface area contributed by atoms with E-state index in [0.717, 1.165) is 90.1 Å². The van der Waals surface area contributed by atoms with E-state index in [1.165, 1.54) is 22.3 Å². The van der Waals surface area contributed by atoms with Crippen molar-refractivity contribution in [1.29, 1.82) is 0 Å². The minimum absolute atomic E-state index is 0.00162. The number of aldehydes is 1. The maximum absolute atomic E-state index is 13.4. The molecule has 0 saturated heterocycles. The molecule has 0 atom stereocenters. The number of aromatic nitrogens is 4. The largest absolute Gasteiger partial charge is 0.354 e. The topological polar surface area (TPSA) is 74.4 Å². The van der Waals surface area contributed by atoms with Gasteiger partial charge in [0.05, 0.1) is 28.3 Å². The first-order valence-electron chi connectivity index (χ1n) is 23.3. The minimum atomic E-state index is -0.0325. The summed E-state index contributed by atoms with van der Waals surface area (Å²) in [4.78, 5) is 32.2. The van der Waals surface area contributed by atoms with Crippen molar-refractivity contribution < 1.29 is 4.79 Å². The van der Waals surface area contributed by atoms with E-state index in [0.29, 0.717) is 11.1 Å². The molecule has 66 heavy (non-hydrogen) atoms. The van der Waals surface area contributed by atoms with Crippen molar-refractivity contribution in [2.75, 3.05) is 0 Å². The molecule has 0 amide bonds. The lowest BCUT2D eigenvalue weighted by atomic mass is 9.86. The molecule has 7 aromatic rings. The lowest BCUT2D eigenvalue weighted by Gasteiger charge is -2.19. The minimum Gasteiger partial charge on any atom is -0.354 e. The van der Waals surface area contributed by atoms with Crippen LogP contribution in [0.3, 0.4) is 0 Å². The smallest absolute Gasteiger partial charge is 0.152 e. The highest BCUT2D eigenvalue weighted by Gasteiger charge is 2.23. The van der Waals surface area contributed by atoms with Crippen LogP contribution in [0.25, 0.3) is 90.9 Å². The molecule has 0 saturated carbocycles. The van der Waals surface area contributed by atoms with Crippen LogP contribution in [0.2, 0.25) is 0 Å². The summed E-state index contributed by atoms with van der Waals surface area (Å²) in [6.45, 7) is 26.8. The number of hydrogen-bond donors (Lipinski definition) is 2. The van der Waals surface area contributed by atoms with Crippen LogP contribution in [-0.4, -0.2) is 26.2 Å². The number of hydrogen-bond acceptors (Lipinski definition) is 3. The van der Waals surface area contributed by atoms with Gasteiger partial charge in [-0.1, -0.05) is 180 Å². The number of aromatic amines is 2. The van der Waals surface area contributed by atoms with Crippen LogP contribution < -0.4 is 0 Å². The normalized spacial score (nSPS) is 13.1. The Kier molecular flexibility index (Phi) is 10.9. The Bertz CT molecular complexity index is 3240. The van der Waals surface area contributed by atoms with Crippen LogP contribution in [0.5, 0.6) is 0 Å². The Morgan fingerprint density at radius 1 is 0.364 bits per heavy atom. The summed E-state index contributed by atoms with van der Waals surface area (Å²) in [7, 11) is 0. The molecular weight excluding hydrogens is 805 g/mol. The van der Waals surface area contributed by atoms with Crippen molar-refractivity contribution in [3.63, 3.8) is 0 Å². The zero-order chi connectivity index (χ0) is 46.9. The van der Waals surface area contributed by atoms with E-state index in [9.17, 15) is 4.79 Å². The van der Waals surface area contributed by atoms with Gasteiger partial charge in [-0.3, -0.25) is 4.79 Å². The summed E-state index contributed by atoms with van der Waals surface area (Å²) in [6.07, 6.45) is 9.41. The average molecular weight is 867 g/mol. The number of nitrogens with one attached hydrogen (secondary N) is 2. The van der Waals surface area contributed by atoms with Gasteiger partial charge in [0.25, 0.3) is 0 Å². The Morgan fingerprint density at radius 2 is 0.652 bits per heavy atom. The zero-order valence-corrected chi connectivity index (χ0v) is 40.7. The number of rotatable bonds is 5. The van der Waals surface area contributed by atoms with E-state index in [1.54, 1.807) is 0 Å². The summed E-state index contributed by atoms with van der Waals surface area (Å²) in [5, 5.41) is 0. The summed E-state index contributed by atoms with van der Waals surface area (Å²) in [6, 6.07) is 41.6. The predicted octanol–water partition coefficient (Wildman–Crippen LogP) is 16.3. The molecule has 2 aliphatic heterocycles. The van der Waals surface area contributed by atoms with Gasteiger partial charge < -0.3 is 9.97 Å². The number of H-pyrrole nitrogens is 2. The molecule has 9 rings (SSSR count). The van der Waals surface area contributed by atoms with Gasteiger partial charge in [0.1, 0.15) is 0 Å². The van der Waals surface area contributed by atoms with Crippen LogP contribution in [0, 0.1) is 0 Å². The van der Waals surface area contributed by atoms with Gasteiger partial charge in [-0.05, 0) is 109 Å². The van der Waals surface area contributed by atoms with E-state index in [1.807, 2.05) is 6.07 Å². The van der Waals surface area contributed by atoms with Crippen LogP contribution in [0.4, 0.5) is 0 Å². The number of carbonyl (C=O) groups excluding carboxylic acids is 1. The molecule has 0 unspecified atom stereocenters. The van der Waals surface area contributed by atoms with Crippen LogP contribution in [0.1, 0.15) is 138 Å². The maximum Gasteiger partial charge on any atom is 0.152 e. The highest BCUT2D eigenvalue weighted by Crippen LogP contribution is 2.41. The molecule has 8 bridgehead atoms. The van der Waals surface area contributed by atoms with E-state index in [-0.39, 0.29) is 21.7 Å². The summed E-state index contributed by atoms with van der Waals surface area (Å²) < 4.78 is 0. The third kappa shape index (κ3) is 8.44. The van der Waals surface area contributed by atoms with Crippen LogP contribution in [0.15, 0.2) is 115 Å². The van der Waals surface area contributed by atoms with E-state index in [4.69, 9.17) is 9.97 Å². The second-order valence-corrected chi connectivity index (χ2v) is 22.2. The highest BCUT2D eigenvalue weighted by atomic mass is 16.1. The van der Waals surface area contributed by atoms with E-state index in [2.05, 4.69) is 227 Å². The van der Waals surface area contributed by atoms with Crippen molar-refractivity contribution in [3.8, 4) is 44.5 Å². The molecule has 3 aromatic heterocycles. The quantitative estimate of drug-likeness (QED) is 0.169. The molecule has 5 nitrogen and oxygen atoms in total. The van der Waals surface area contributed by atoms with Crippen molar-refractivity contribution in [2.45, 2.75) is 105 Å². The van der Waals surface area contributed by atoms with E-state index < -0.39 is 0 Å². The number of benzene rings is 4. The lowest BCUT2D eigenvalue weighted by molar-refractivity contribution is 0.112. The van der Waals surface area contributed by atoms with Crippen LogP contribution >= 0.6 is 0 Å². The molecule has 4 aromatic carbocycles. The average Bonchev–Trinajstić information content (AvgIpc) is 4.11. The standard InChI is InChI=1S/C61H62N4O/c1-58(2,3)42-21-13-37(14-22-42)53-46-29-30-47(62-46)54(38-15-23-43(24-16-38)59(4,5)6)49-33-34-51(64-49)56(40-19-27-45(28-20-40)61(10,11)12)57-41(36-66)35-52(65-57)55(50-32-31-48(53)63-50)39-17-25-44(26-18-39)60(7,8)9/h13-36,62,65H,1-12H3. The lowest BCUT2D eigenvalue weighted by Crippen LogP contribution is -2.10. The first-order chi connectivity index (χ1) is 31.2. The van der Waals surface area contributed by atoms with Crippen molar-refractivity contribution in [3.05, 3.63) is 166 Å². The molecule has 0 radical (unpaired) electrons. The molecule has 2 N–H and O–H groups in total. The second kappa shape index (κ2) is 16.2. The zero-order valence-electron chi connectivity index (χ0n) is 40.7. The number of nitrogens with zero attached hydrogens (tertiary/aromatic N) is 2. The monoisotopic (exact) mass is 866 g/mol. The molecule has 332 valence electrons. The predicted molar refractivity (Wildman–Crippen MR) is 281 cm³/mol. The highest BCUT2D eigenvalue weighted by molar-refractivity contribution is 6.04. The fraction of sp³-hybridized carbons (Fsp3) is 0.262. The SMILES string of the molecule is CC(C)(C)c1ccc(-c2c3nc(c(-c4ccc(C(C)(C)C)cc4)c4cc(C=O)c([nH]4)c(-c4ccc(C(C)(C)C)cc4)c4nc(c(-c5ccc(C(C)(C)C)cc5)c5ccc2[nH]5)C=C4)C=C3)cc1. The first kappa shape index (κ1) is 44.4.